The third kappa shape index (κ3) is 3.90. The van der Waals surface area contributed by atoms with Crippen molar-refractivity contribution in [1.82, 2.24) is 15.5 Å². The Bertz CT molecular complexity index is 488. The minimum atomic E-state index is 0.145. The Kier molecular flexibility index (Phi) is 5.16. The first-order valence-electron chi connectivity index (χ1n) is 8.53. The van der Waals surface area contributed by atoms with Crippen LogP contribution in [0.1, 0.15) is 49.7 Å². The lowest BCUT2D eigenvalue weighted by molar-refractivity contribution is -0.121. The van der Waals surface area contributed by atoms with Crippen LogP contribution in [0.4, 0.5) is 0 Å². The Morgan fingerprint density at radius 2 is 2.23 bits per heavy atom. The number of likely N-dealkylation sites (tertiary alicyclic amines) is 1. The number of furan rings is 1. The van der Waals surface area contributed by atoms with Crippen LogP contribution >= 0.6 is 0 Å². The molecule has 0 radical (unpaired) electrons. The van der Waals surface area contributed by atoms with Crippen LogP contribution in [0.3, 0.4) is 0 Å². The number of aryl methyl sites for hydroxylation is 1. The number of nitrogens with one attached hydrogen (secondary N) is 2. The number of hydrogen-bond donors (Lipinski definition) is 2. The zero-order chi connectivity index (χ0) is 15.4. The Morgan fingerprint density at radius 3 is 2.86 bits per heavy atom. The summed E-state index contributed by atoms with van der Waals surface area (Å²) in [5.41, 5.74) is 0. The highest BCUT2D eigenvalue weighted by molar-refractivity contribution is 5.76. The summed E-state index contributed by atoms with van der Waals surface area (Å²) in [6, 6.07) is 4.57. The number of carbonyl (C=O) groups excluding carboxylic acids is 1. The van der Waals surface area contributed by atoms with Crippen LogP contribution in [-0.2, 0) is 4.79 Å². The molecule has 1 aromatic rings. The SMILES string of the molecule is Cc1ccc(C(CNC(=O)CC2CCCN2)N2CCCC2)o1. The topological polar surface area (TPSA) is 57.5 Å². The first kappa shape index (κ1) is 15.6. The molecule has 1 aromatic heterocycles. The van der Waals surface area contributed by atoms with E-state index in [1.807, 2.05) is 19.1 Å². The monoisotopic (exact) mass is 305 g/mol. The molecule has 2 fully saturated rings. The van der Waals surface area contributed by atoms with E-state index in [1.165, 1.54) is 19.3 Å². The summed E-state index contributed by atoms with van der Waals surface area (Å²) in [4.78, 5) is 14.6. The number of nitrogens with zero attached hydrogens (tertiary/aromatic N) is 1. The molecule has 0 bridgehead atoms. The van der Waals surface area contributed by atoms with E-state index in [2.05, 4.69) is 15.5 Å². The van der Waals surface area contributed by atoms with Crippen molar-refractivity contribution in [2.75, 3.05) is 26.2 Å². The molecule has 2 atom stereocenters. The van der Waals surface area contributed by atoms with Crippen LogP contribution in [-0.4, -0.2) is 43.0 Å². The molecule has 0 aliphatic carbocycles. The zero-order valence-corrected chi connectivity index (χ0v) is 13.4. The minimum absolute atomic E-state index is 0.145. The summed E-state index contributed by atoms with van der Waals surface area (Å²) in [7, 11) is 0. The van der Waals surface area contributed by atoms with Crippen molar-refractivity contribution in [3.05, 3.63) is 23.7 Å². The Hall–Kier alpha value is -1.33. The third-order valence-electron chi connectivity index (χ3n) is 4.76. The van der Waals surface area contributed by atoms with Gasteiger partial charge in [-0.05, 0) is 64.4 Å². The van der Waals surface area contributed by atoms with Gasteiger partial charge in [-0.2, -0.15) is 0 Å². The normalized spacial score (nSPS) is 23.8. The van der Waals surface area contributed by atoms with Gasteiger partial charge in [0.2, 0.25) is 5.91 Å². The van der Waals surface area contributed by atoms with Crippen molar-refractivity contribution >= 4 is 5.91 Å². The van der Waals surface area contributed by atoms with E-state index in [4.69, 9.17) is 4.42 Å². The van der Waals surface area contributed by atoms with E-state index < -0.39 is 0 Å². The highest BCUT2D eigenvalue weighted by Crippen LogP contribution is 2.26. The first-order valence-corrected chi connectivity index (χ1v) is 8.53. The van der Waals surface area contributed by atoms with Gasteiger partial charge in [-0.25, -0.2) is 0 Å². The van der Waals surface area contributed by atoms with E-state index in [1.54, 1.807) is 0 Å². The molecule has 22 heavy (non-hydrogen) atoms. The first-order chi connectivity index (χ1) is 10.7. The van der Waals surface area contributed by atoms with Crippen molar-refractivity contribution in [2.45, 2.75) is 51.1 Å². The average Bonchev–Trinajstić information content (AvgIpc) is 3.22. The number of hydrogen-bond acceptors (Lipinski definition) is 4. The van der Waals surface area contributed by atoms with Gasteiger partial charge < -0.3 is 15.1 Å². The summed E-state index contributed by atoms with van der Waals surface area (Å²) >= 11 is 0. The molecule has 5 nitrogen and oxygen atoms in total. The second-order valence-electron chi connectivity index (χ2n) is 6.51. The number of amides is 1. The maximum Gasteiger partial charge on any atom is 0.221 e. The summed E-state index contributed by atoms with van der Waals surface area (Å²) in [6.45, 7) is 5.82. The van der Waals surface area contributed by atoms with Gasteiger partial charge in [0.05, 0.1) is 6.04 Å². The Morgan fingerprint density at radius 1 is 1.41 bits per heavy atom. The quantitative estimate of drug-likeness (QED) is 0.844. The van der Waals surface area contributed by atoms with Gasteiger partial charge in [0.15, 0.2) is 0 Å². The molecule has 2 saturated heterocycles. The van der Waals surface area contributed by atoms with Gasteiger partial charge >= 0.3 is 0 Å². The van der Waals surface area contributed by atoms with Crippen molar-refractivity contribution in [1.29, 1.82) is 0 Å². The highest BCUT2D eigenvalue weighted by atomic mass is 16.3. The molecule has 2 aliphatic rings. The molecular weight excluding hydrogens is 278 g/mol. The number of rotatable bonds is 6. The van der Waals surface area contributed by atoms with Crippen LogP contribution < -0.4 is 10.6 Å². The van der Waals surface area contributed by atoms with Gasteiger partial charge in [0.1, 0.15) is 11.5 Å². The lowest BCUT2D eigenvalue weighted by Crippen LogP contribution is -2.38. The van der Waals surface area contributed by atoms with Crippen molar-refractivity contribution in [3.8, 4) is 0 Å². The second kappa shape index (κ2) is 7.29. The molecule has 0 saturated carbocycles. The van der Waals surface area contributed by atoms with Crippen molar-refractivity contribution in [2.24, 2.45) is 0 Å². The predicted molar refractivity (Wildman–Crippen MR) is 85.6 cm³/mol. The van der Waals surface area contributed by atoms with Crippen LogP contribution in [0, 0.1) is 6.92 Å². The summed E-state index contributed by atoms with van der Waals surface area (Å²) in [5.74, 6) is 2.05. The Labute approximate surface area is 132 Å². The van der Waals surface area contributed by atoms with E-state index in [-0.39, 0.29) is 11.9 Å². The van der Waals surface area contributed by atoms with Gasteiger partial charge in [0, 0.05) is 19.0 Å². The molecule has 0 spiro atoms. The van der Waals surface area contributed by atoms with Gasteiger partial charge in [-0.1, -0.05) is 0 Å². The fraction of sp³-hybridized carbons (Fsp3) is 0.706. The summed E-state index contributed by atoms with van der Waals surface area (Å²) in [5, 5.41) is 6.49. The maximum absolute atomic E-state index is 12.2. The van der Waals surface area contributed by atoms with Crippen molar-refractivity contribution in [3.63, 3.8) is 0 Å². The smallest absolute Gasteiger partial charge is 0.221 e. The molecule has 122 valence electrons. The van der Waals surface area contributed by atoms with E-state index in [0.29, 0.717) is 19.0 Å². The molecular formula is C17H27N3O2. The second-order valence-corrected chi connectivity index (χ2v) is 6.51. The van der Waals surface area contributed by atoms with Gasteiger partial charge in [-0.3, -0.25) is 9.69 Å². The molecule has 3 rings (SSSR count). The van der Waals surface area contributed by atoms with Crippen LogP contribution in [0.15, 0.2) is 16.5 Å². The summed E-state index contributed by atoms with van der Waals surface area (Å²) in [6.07, 6.45) is 5.34. The van der Waals surface area contributed by atoms with Crippen LogP contribution in [0.25, 0.3) is 0 Å². The third-order valence-corrected chi connectivity index (χ3v) is 4.76. The molecule has 2 unspecified atom stereocenters. The molecule has 1 amide bonds. The lowest BCUT2D eigenvalue weighted by atomic mass is 10.1. The molecule has 0 aromatic carbocycles. The van der Waals surface area contributed by atoms with E-state index in [0.717, 1.165) is 37.6 Å². The molecule has 2 N–H and O–H groups in total. The number of carbonyl (C=O) groups is 1. The molecule has 5 heteroatoms. The Balaban J connectivity index is 1.56. The predicted octanol–water partition coefficient (Wildman–Crippen LogP) is 1.98. The van der Waals surface area contributed by atoms with E-state index in [9.17, 15) is 4.79 Å². The standard InChI is InChI=1S/C17H27N3O2/c1-13-6-7-16(22-13)15(20-9-2-3-10-20)12-19-17(21)11-14-5-4-8-18-14/h6-7,14-15,18H,2-5,8-12H2,1H3,(H,19,21). The summed E-state index contributed by atoms with van der Waals surface area (Å²) < 4.78 is 5.82. The van der Waals surface area contributed by atoms with E-state index >= 15 is 0 Å². The zero-order valence-electron chi connectivity index (χ0n) is 13.4. The van der Waals surface area contributed by atoms with Crippen LogP contribution in [0.2, 0.25) is 0 Å². The average molecular weight is 305 g/mol. The maximum atomic E-state index is 12.2. The molecule has 3 heterocycles. The largest absolute Gasteiger partial charge is 0.465 e. The lowest BCUT2D eigenvalue weighted by Gasteiger charge is -2.26. The fourth-order valence-corrected chi connectivity index (χ4v) is 3.53. The molecule has 2 aliphatic heterocycles. The van der Waals surface area contributed by atoms with Gasteiger partial charge in [-0.15, -0.1) is 0 Å². The van der Waals surface area contributed by atoms with Crippen LogP contribution in [0.5, 0.6) is 0 Å². The minimum Gasteiger partial charge on any atom is -0.465 e. The fourth-order valence-electron chi connectivity index (χ4n) is 3.53. The van der Waals surface area contributed by atoms with Gasteiger partial charge in [0.25, 0.3) is 0 Å². The highest BCUT2D eigenvalue weighted by Gasteiger charge is 2.27. The van der Waals surface area contributed by atoms with Crippen molar-refractivity contribution < 1.29 is 9.21 Å².